The highest BCUT2D eigenvalue weighted by Crippen LogP contribution is 2.29. The lowest BCUT2D eigenvalue weighted by atomic mass is 10.1. The van der Waals surface area contributed by atoms with Gasteiger partial charge in [0.15, 0.2) is 0 Å². The Balaban J connectivity index is 1.44. The molecule has 0 bridgehead atoms. The number of amides is 1. The largest absolute Gasteiger partial charge is 0.350 e. The molecule has 0 spiro atoms. The van der Waals surface area contributed by atoms with Crippen molar-refractivity contribution in [2.45, 2.75) is 26.9 Å². The fourth-order valence-electron chi connectivity index (χ4n) is 3.23. The second kappa shape index (κ2) is 8.45. The zero-order valence-electron chi connectivity index (χ0n) is 16.6. The maximum absolute atomic E-state index is 12.5. The molecular formula is C24H23N3OS. The van der Waals surface area contributed by atoms with E-state index in [1.54, 1.807) is 11.3 Å². The molecule has 0 fully saturated rings. The molecular weight excluding hydrogens is 378 g/mol. The Morgan fingerprint density at radius 3 is 2.66 bits per heavy atom. The maximum Gasteiger partial charge on any atom is 0.240 e. The van der Waals surface area contributed by atoms with Gasteiger partial charge in [0.05, 0.1) is 11.4 Å². The van der Waals surface area contributed by atoms with Crippen molar-refractivity contribution in [1.29, 1.82) is 0 Å². The van der Waals surface area contributed by atoms with Crippen LogP contribution in [-0.2, 0) is 17.9 Å². The molecule has 4 aromatic rings. The van der Waals surface area contributed by atoms with Crippen LogP contribution < -0.4 is 5.32 Å². The van der Waals surface area contributed by atoms with Gasteiger partial charge in [0.1, 0.15) is 11.6 Å². The number of aromatic nitrogens is 2. The molecule has 146 valence electrons. The van der Waals surface area contributed by atoms with E-state index in [0.29, 0.717) is 6.54 Å². The van der Waals surface area contributed by atoms with Crippen molar-refractivity contribution in [3.05, 3.63) is 88.9 Å². The minimum atomic E-state index is -0.0146. The highest BCUT2D eigenvalue weighted by atomic mass is 32.1. The lowest BCUT2D eigenvalue weighted by Crippen LogP contribution is -2.27. The second-order valence-electron chi connectivity index (χ2n) is 7.19. The van der Waals surface area contributed by atoms with Crippen molar-refractivity contribution in [2.24, 2.45) is 0 Å². The molecule has 2 aromatic heterocycles. The lowest BCUT2D eigenvalue weighted by Gasteiger charge is -2.09. The summed E-state index contributed by atoms with van der Waals surface area (Å²) in [4.78, 5) is 17.3. The van der Waals surface area contributed by atoms with Gasteiger partial charge in [-0.3, -0.25) is 4.79 Å². The predicted molar refractivity (Wildman–Crippen MR) is 119 cm³/mol. The number of rotatable bonds is 6. The molecule has 2 heterocycles. The third-order valence-electron chi connectivity index (χ3n) is 4.79. The summed E-state index contributed by atoms with van der Waals surface area (Å²) in [5.74, 6) is -0.0146. The average Bonchev–Trinajstić information content (AvgIpc) is 3.36. The van der Waals surface area contributed by atoms with Crippen molar-refractivity contribution in [2.75, 3.05) is 0 Å². The minimum Gasteiger partial charge on any atom is -0.350 e. The minimum absolute atomic E-state index is 0.0146. The molecule has 1 N–H and O–H groups in total. The van der Waals surface area contributed by atoms with Crippen molar-refractivity contribution >= 4 is 17.2 Å². The van der Waals surface area contributed by atoms with Crippen LogP contribution in [0.2, 0.25) is 0 Å². The van der Waals surface area contributed by atoms with Crippen LogP contribution >= 0.6 is 11.3 Å². The first-order valence-electron chi connectivity index (χ1n) is 9.59. The van der Waals surface area contributed by atoms with Gasteiger partial charge in [-0.25, -0.2) is 4.98 Å². The first-order valence-corrected chi connectivity index (χ1v) is 10.5. The summed E-state index contributed by atoms with van der Waals surface area (Å²) in [6.07, 6.45) is 1.93. The van der Waals surface area contributed by atoms with Gasteiger partial charge in [-0.15, -0.1) is 11.3 Å². The van der Waals surface area contributed by atoms with Crippen LogP contribution in [0.1, 0.15) is 16.7 Å². The van der Waals surface area contributed by atoms with Gasteiger partial charge < -0.3 is 9.88 Å². The fraction of sp³-hybridized carbons (Fsp3) is 0.167. The van der Waals surface area contributed by atoms with Crippen LogP contribution in [0.25, 0.3) is 22.0 Å². The maximum atomic E-state index is 12.5. The topological polar surface area (TPSA) is 46.9 Å². The number of nitrogens with one attached hydrogen (secondary N) is 1. The Morgan fingerprint density at radius 2 is 1.86 bits per heavy atom. The average molecular weight is 402 g/mol. The Bertz CT molecular complexity index is 1130. The molecule has 0 saturated heterocycles. The third-order valence-corrected chi connectivity index (χ3v) is 5.65. The first kappa shape index (κ1) is 19.2. The van der Waals surface area contributed by atoms with Crippen LogP contribution in [0.15, 0.2) is 72.2 Å². The van der Waals surface area contributed by atoms with Crippen molar-refractivity contribution in [3.63, 3.8) is 0 Å². The Kier molecular flexibility index (Phi) is 5.58. The number of benzene rings is 2. The lowest BCUT2D eigenvalue weighted by molar-refractivity contribution is -0.121. The normalized spacial score (nSPS) is 10.8. The molecule has 0 radical (unpaired) electrons. The Morgan fingerprint density at radius 1 is 1.03 bits per heavy atom. The standard InChI is InChI=1S/C24H23N3OS/c1-17-8-10-20(11-9-17)21-16-29-24(26-21)22-7-4-12-27(22)15-23(28)25-14-19-6-3-5-18(2)13-19/h3-13,16H,14-15H2,1-2H3,(H,25,28). The first-order chi connectivity index (χ1) is 14.1. The zero-order chi connectivity index (χ0) is 20.2. The van der Waals surface area contributed by atoms with Gasteiger partial charge in [0, 0.05) is 23.7 Å². The molecule has 4 nitrogen and oxygen atoms in total. The third kappa shape index (κ3) is 4.63. The zero-order valence-corrected chi connectivity index (χ0v) is 17.4. The number of hydrogen-bond acceptors (Lipinski definition) is 3. The van der Waals surface area contributed by atoms with Crippen LogP contribution in [0.5, 0.6) is 0 Å². The van der Waals surface area contributed by atoms with E-state index in [2.05, 4.69) is 60.9 Å². The van der Waals surface area contributed by atoms with E-state index in [-0.39, 0.29) is 12.5 Å². The van der Waals surface area contributed by atoms with Gasteiger partial charge in [0.25, 0.3) is 0 Å². The van der Waals surface area contributed by atoms with E-state index in [4.69, 9.17) is 4.98 Å². The number of carbonyl (C=O) groups excluding carboxylic acids is 1. The van der Waals surface area contributed by atoms with Crippen molar-refractivity contribution < 1.29 is 4.79 Å². The smallest absolute Gasteiger partial charge is 0.240 e. The summed E-state index contributed by atoms with van der Waals surface area (Å²) in [5, 5.41) is 5.98. The van der Waals surface area contributed by atoms with Gasteiger partial charge in [-0.2, -0.15) is 0 Å². The summed E-state index contributed by atoms with van der Waals surface area (Å²) in [5.41, 5.74) is 6.55. The molecule has 5 heteroatoms. The molecule has 0 aliphatic carbocycles. The molecule has 4 rings (SSSR count). The van der Waals surface area contributed by atoms with Gasteiger partial charge >= 0.3 is 0 Å². The van der Waals surface area contributed by atoms with Crippen LogP contribution in [-0.4, -0.2) is 15.5 Å². The summed E-state index contributed by atoms with van der Waals surface area (Å²) in [6.45, 7) is 4.93. The van der Waals surface area contributed by atoms with Gasteiger partial charge in [-0.1, -0.05) is 59.7 Å². The highest BCUT2D eigenvalue weighted by Gasteiger charge is 2.12. The van der Waals surface area contributed by atoms with Gasteiger partial charge in [-0.05, 0) is 31.5 Å². The molecule has 29 heavy (non-hydrogen) atoms. The number of carbonyl (C=O) groups is 1. The SMILES string of the molecule is Cc1ccc(-c2csc(-c3cccn3CC(=O)NCc3cccc(C)c3)n2)cc1. The molecule has 0 aliphatic rings. The molecule has 0 aliphatic heterocycles. The van der Waals surface area contributed by atoms with Crippen LogP contribution in [0.3, 0.4) is 0 Å². The summed E-state index contributed by atoms with van der Waals surface area (Å²) in [7, 11) is 0. The van der Waals surface area contributed by atoms with Crippen molar-refractivity contribution in [1.82, 2.24) is 14.9 Å². The Hall–Kier alpha value is -3.18. The van der Waals surface area contributed by atoms with E-state index in [9.17, 15) is 4.79 Å². The van der Waals surface area contributed by atoms with Crippen LogP contribution in [0.4, 0.5) is 0 Å². The fourth-order valence-corrected chi connectivity index (χ4v) is 4.10. The number of aryl methyl sites for hydroxylation is 2. The molecule has 0 saturated carbocycles. The van der Waals surface area contributed by atoms with Gasteiger partial charge in [0.2, 0.25) is 5.91 Å². The van der Waals surface area contributed by atoms with E-state index >= 15 is 0 Å². The number of thiazole rings is 1. The van der Waals surface area contributed by atoms with E-state index in [0.717, 1.165) is 27.5 Å². The quantitative estimate of drug-likeness (QED) is 0.482. The highest BCUT2D eigenvalue weighted by molar-refractivity contribution is 7.13. The molecule has 0 atom stereocenters. The monoisotopic (exact) mass is 401 g/mol. The number of nitrogens with zero attached hydrogens (tertiary/aromatic N) is 2. The van der Waals surface area contributed by atoms with E-state index in [1.807, 2.05) is 35.0 Å². The van der Waals surface area contributed by atoms with E-state index < -0.39 is 0 Å². The summed E-state index contributed by atoms with van der Waals surface area (Å²) in [6, 6.07) is 20.5. The summed E-state index contributed by atoms with van der Waals surface area (Å²) < 4.78 is 1.95. The predicted octanol–water partition coefficient (Wildman–Crippen LogP) is 5.21. The molecule has 1 amide bonds. The van der Waals surface area contributed by atoms with Crippen molar-refractivity contribution in [3.8, 4) is 22.0 Å². The second-order valence-corrected chi connectivity index (χ2v) is 8.05. The summed E-state index contributed by atoms with van der Waals surface area (Å²) >= 11 is 1.60. The van der Waals surface area contributed by atoms with Crippen LogP contribution in [0, 0.1) is 13.8 Å². The number of hydrogen-bond donors (Lipinski definition) is 1. The molecule has 2 aromatic carbocycles. The van der Waals surface area contributed by atoms with E-state index in [1.165, 1.54) is 11.1 Å². The molecule has 0 unspecified atom stereocenters. The Labute approximate surface area is 174 Å².